The van der Waals surface area contributed by atoms with Crippen molar-refractivity contribution in [1.29, 1.82) is 0 Å². The number of aromatic hydroxyl groups is 1. The number of phenols is 1. The van der Waals surface area contributed by atoms with E-state index in [1.165, 1.54) is 26.9 Å². The van der Waals surface area contributed by atoms with Crippen LogP contribution in [-0.4, -0.2) is 14.5 Å². The Bertz CT molecular complexity index is 1810. The molecular weight excluding hydrogens is 368 g/mol. The predicted octanol–water partition coefficient (Wildman–Crippen LogP) is 6.81. The highest BCUT2D eigenvalue weighted by atomic mass is 16.3. The van der Waals surface area contributed by atoms with E-state index in [0.29, 0.717) is 0 Å². The molecule has 0 aliphatic carbocycles. The zero-order valence-corrected chi connectivity index (χ0v) is 16.0. The van der Waals surface area contributed by atoms with Crippen LogP contribution in [0.4, 0.5) is 0 Å². The number of nitrogens with zero attached hydrogens (tertiary/aromatic N) is 2. The second-order valence-corrected chi connectivity index (χ2v) is 7.80. The van der Waals surface area contributed by atoms with Gasteiger partial charge in [-0.1, -0.05) is 60.7 Å². The Labute approximate surface area is 171 Å². The van der Waals surface area contributed by atoms with Crippen LogP contribution in [0.25, 0.3) is 59.9 Å². The van der Waals surface area contributed by atoms with Gasteiger partial charge in [0, 0.05) is 16.2 Å². The number of phenolic OH excluding ortho intramolecular Hbond substituents is 1. The SMILES string of the molecule is Oc1ccc2c(c1)c1nc3ccccc3n1c1c3ccccc3c3ccccc3c21. The van der Waals surface area contributed by atoms with E-state index < -0.39 is 0 Å². The summed E-state index contributed by atoms with van der Waals surface area (Å²) in [6, 6.07) is 31.0. The maximum absolute atomic E-state index is 10.3. The van der Waals surface area contributed by atoms with Crippen LogP contribution < -0.4 is 0 Å². The maximum Gasteiger partial charge on any atom is 0.146 e. The van der Waals surface area contributed by atoms with Crippen LogP contribution in [0.1, 0.15) is 0 Å². The fourth-order valence-electron chi connectivity index (χ4n) is 5.00. The second-order valence-electron chi connectivity index (χ2n) is 7.80. The highest BCUT2D eigenvalue weighted by Crippen LogP contribution is 2.41. The first-order valence-corrected chi connectivity index (χ1v) is 10.1. The van der Waals surface area contributed by atoms with Crippen molar-refractivity contribution in [3.05, 3.63) is 91.0 Å². The Balaban J connectivity index is 1.99. The third kappa shape index (κ3) is 1.87. The number of hydrogen-bond donors (Lipinski definition) is 1. The van der Waals surface area contributed by atoms with Gasteiger partial charge in [-0.3, -0.25) is 4.40 Å². The number of benzene rings is 5. The van der Waals surface area contributed by atoms with E-state index in [9.17, 15) is 5.11 Å². The largest absolute Gasteiger partial charge is 0.508 e. The molecule has 0 spiro atoms. The van der Waals surface area contributed by atoms with Gasteiger partial charge in [0.05, 0.1) is 16.6 Å². The van der Waals surface area contributed by atoms with Gasteiger partial charge in [0.15, 0.2) is 0 Å². The van der Waals surface area contributed by atoms with Crippen LogP contribution in [0.2, 0.25) is 0 Å². The highest BCUT2D eigenvalue weighted by molar-refractivity contribution is 6.32. The highest BCUT2D eigenvalue weighted by Gasteiger charge is 2.18. The summed E-state index contributed by atoms with van der Waals surface area (Å²) in [6.45, 7) is 0. The van der Waals surface area contributed by atoms with E-state index in [2.05, 4.69) is 65.1 Å². The zero-order chi connectivity index (χ0) is 19.8. The number of fused-ring (bicyclic) bond motifs is 13. The lowest BCUT2D eigenvalue weighted by molar-refractivity contribution is 0.476. The Hall–Kier alpha value is -4.11. The first-order chi connectivity index (χ1) is 14.8. The van der Waals surface area contributed by atoms with Crippen molar-refractivity contribution in [1.82, 2.24) is 9.38 Å². The Morgan fingerprint density at radius 1 is 0.600 bits per heavy atom. The van der Waals surface area contributed by atoms with Crippen molar-refractivity contribution in [3.63, 3.8) is 0 Å². The van der Waals surface area contributed by atoms with Crippen molar-refractivity contribution < 1.29 is 5.11 Å². The number of aromatic nitrogens is 2. The minimum atomic E-state index is 0.251. The first-order valence-electron chi connectivity index (χ1n) is 10.1. The van der Waals surface area contributed by atoms with Gasteiger partial charge in [0.1, 0.15) is 11.4 Å². The summed E-state index contributed by atoms with van der Waals surface area (Å²) in [7, 11) is 0. The van der Waals surface area contributed by atoms with E-state index in [0.717, 1.165) is 33.0 Å². The van der Waals surface area contributed by atoms with E-state index in [-0.39, 0.29) is 5.75 Å². The molecule has 2 aromatic heterocycles. The third-order valence-electron chi connectivity index (χ3n) is 6.20. The number of imidazole rings is 1. The molecule has 0 aliphatic heterocycles. The van der Waals surface area contributed by atoms with Crippen molar-refractivity contribution >= 4 is 59.9 Å². The normalized spacial score (nSPS) is 12.1. The van der Waals surface area contributed by atoms with Crippen LogP contribution in [0.15, 0.2) is 91.0 Å². The van der Waals surface area contributed by atoms with E-state index in [1.807, 2.05) is 24.3 Å². The molecule has 3 nitrogen and oxygen atoms in total. The van der Waals surface area contributed by atoms with Gasteiger partial charge < -0.3 is 5.11 Å². The number of rotatable bonds is 0. The van der Waals surface area contributed by atoms with Crippen molar-refractivity contribution in [2.75, 3.05) is 0 Å². The van der Waals surface area contributed by atoms with Crippen LogP contribution in [-0.2, 0) is 0 Å². The minimum Gasteiger partial charge on any atom is -0.508 e. The molecule has 30 heavy (non-hydrogen) atoms. The van der Waals surface area contributed by atoms with Crippen molar-refractivity contribution in [2.24, 2.45) is 0 Å². The number of para-hydroxylation sites is 2. The van der Waals surface area contributed by atoms with E-state index in [1.54, 1.807) is 6.07 Å². The van der Waals surface area contributed by atoms with Crippen molar-refractivity contribution in [3.8, 4) is 5.75 Å². The van der Waals surface area contributed by atoms with Crippen LogP contribution in [0, 0.1) is 0 Å². The predicted molar refractivity (Wildman–Crippen MR) is 124 cm³/mol. The van der Waals surface area contributed by atoms with E-state index in [4.69, 9.17) is 4.98 Å². The number of pyridine rings is 1. The van der Waals surface area contributed by atoms with E-state index >= 15 is 0 Å². The monoisotopic (exact) mass is 384 g/mol. The molecule has 1 N–H and O–H groups in total. The molecule has 7 rings (SSSR count). The lowest BCUT2D eigenvalue weighted by Gasteiger charge is -2.15. The molecule has 0 bridgehead atoms. The quantitative estimate of drug-likeness (QED) is 0.292. The van der Waals surface area contributed by atoms with Crippen LogP contribution in [0.5, 0.6) is 5.75 Å². The Kier molecular flexibility index (Phi) is 2.88. The average Bonchev–Trinajstić information content (AvgIpc) is 3.18. The first kappa shape index (κ1) is 15.8. The van der Waals surface area contributed by atoms with Gasteiger partial charge in [0.2, 0.25) is 0 Å². The van der Waals surface area contributed by atoms with Crippen molar-refractivity contribution in [2.45, 2.75) is 0 Å². The molecule has 140 valence electrons. The summed E-state index contributed by atoms with van der Waals surface area (Å²) < 4.78 is 2.27. The molecule has 0 saturated heterocycles. The molecule has 2 heterocycles. The summed E-state index contributed by atoms with van der Waals surface area (Å²) in [4.78, 5) is 4.97. The summed E-state index contributed by atoms with van der Waals surface area (Å²) in [5, 5.41) is 18.4. The number of hydrogen-bond acceptors (Lipinski definition) is 2. The molecule has 0 amide bonds. The zero-order valence-electron chi connectivity index (χ0n) is 16.0. The molecule has 0 radical (unpaired) electrons. The van der Waals surface area contributed by atoms with Gasteiger partial charge in [-0.25, -0.2) is 4.98 Å². The standard InChI is InChI=1S/C27H16N2O/c30-16-13-14-20-22(15-16)27-28-23-11-5-6-12-24(23)29(27)26-21-10-4-2-8-18(21)17-7-1-3-9-19(17)25(20)26/h1-15,30H. The molecule has 0 fully saturated rings. The lowest BCUT2D eigenvalue weighted by atomic mass is 9.94. The second kappa shape index (κ2) is 5.49. The minimum absolute atomic E-state index is 0.251. The summed E-state index contributed by atoms with van der Waals surface area (Å²) in [6.07, 6.45) is 0. The molecule has 5 aromatic carbocycles. The van der Waals surface area contributed by atoms with Crippen LogP contribution >= 0.6 is 0 Å². The molecule has 0 unspecified atom stereocenters. The average molecular weight is 384 g/mol. The summed E-state index contributed by atoms with van der Waals surface area (Å²) in [5.74, 6) is 0.251. The summed E-state index contributed by atoms with van der Waals surface area (Å²) >= 11 is 0. The maximum atomic E-state index is 10.3. The molecule has 7 aromatic rings. The Morgan fingerprint density at radius 2 is 1.23 bits per heavy atom. The van der Waals surface area contributed by atoms with Gasteiger partial charge in [0.25, 0.3) is 0 Å². The molecule has 0 saturated carbocycles. The third-order valence-corrected chi connectivity index (χ3v) is 6.20. The fourth-order valence-corrected chi connectivity index (χ4v) is 5.00. The smallest absolute Gasteiger partial charge is 0.146 e. The molecular formula is C27H16N2O. The van der Waals surface area contributed by atoms with Gasteiger partial charge in [-0.15, -0.1) is 0 Å². The lowest BCUT2D eigenvalue weighted by Crippen LogP contribution is -1.94. The van der Waals surface area contributed by atoms with Crippen LogP contribution in [0.3, 0.4) is 0 Å². The molecule has 0 aliphatic rings. The van der Waals surface area contributed by atoms with Gasteiger partial charge in [-0.2, -0.15) is 0 Å². The van der Waals surface area contributed by atoms with Gasteiger partial charge in [-0.05, 0) is 51.9 Å². The summed E-state index contributed by atoms with van der Waals surface area (Å²) in [5.41, 5.74) is 4.05. The fraction of sp³-hybridized carbons (Fsp3) is 0. The Morgan fingerprint density at radius 3 is 2.07 bits per heavy atom. The molecule has 3 heteroatoms. The van der Waals surface area contributed by atoms with Gasteiger partial charge >= 0.3 is 0 Å². The topological polar surface area (TPSA) is 37.5 Å². The molecule has 0 atom stereocenters.